The fraction of sp³-hybridized carbons (Fsp3) is 0.556. The smallest absolute Gasteiger partial charge is 0.459 e. The monoisotopic (exact) mass is 623 g/mol. The molecule has 4 unspecified atom stereocenters. The number of benzene rings is 1. The summed E-state index contributed by atoms with van der Waals surface area (Å²) in [7, 11) is -4.15. The maximum atomic E-state index is 14.0. The summed E-state index contributed by atoms with van der Waals surface area (Å²) in [5.74, 6) is -0.00451. The van der Waals surface area contributed by atoms with Gasteiger partial charge >= 0.3 is 13.7 Å². The molecule has 13 nitrogen and oxygen atoms in total. The highest BCUT2D eigenvalue weighted by Gasteiger charge is 2.47. The van der Waals surface area contributed by atoms with Crippen molar-refractivity contribution in [2.45, 2.75) is 83.0 Å². The van der Waals surface area contributed by atoms with Gasteiger partial charge in [-0.25, -0.2) is 14.5 Å². The van der Waals surface area contributed by atoms with E-state index in [1.807, 2.05) is 6.92 Å². The number of esters is 1. The zero-order valence-electron chi connectivity index (χ0n) is 23.6. The predicted octanol–water partition coefficient (Wildman–Crippen LogP) is 4.58. The van der Waals surface area contributed by atoms with Crippen LogP contribution in [0.15, 0.2) is 36.9 Å². The van der Waals surface area contributed by atoms with E-state index in [0.717, 1.165) is 25.7 Å². The van der Waals surface area contributed by atoms with Gasteiger partial charge in [-0.1, -0.05) is 11.6 Å². The summed E-state index contributed by atoms with van der Waals surface area (Å²) >= 11 is 5.99. The minimum atomic E-state index is -4.15. The molecule has 5 atom stereocenters. The van der Waals surface area contributed by atoms with Crippen molar-refractivity contribution in [1.29, 1.82) is 0 Å². The molecule has 2 N–H and O–H groups in total. The van der Waals surface area contributed by atoms with E-state index in [4.69, 9.17) is 34.9 Å². The van der Waals surface area contributed by atoms with Gasteiger partial charge in [0, 0.05) is 11.4 Å². The lowest BCUT2D eigenvalue weighted by atomic mass is 10.0. The Hall–Kier alpha value is -2.80. The number of aliphatic hydroxyl groups is 1. The summed E-state index contributed by atoms with van der Waals surface area (Å²) in [6, 6.07) is 5.25. The van der Waals surface area contributed by atoms with E-state index in [0.29, 0.717) is 28.7 Å². The summed E-state index contributed by atoms with van der Waals surface area (Å²) < 4.78 is 44.4. The van der Waals surface area contributed by atoms with Crippen molar-refractivity contribution in [3.8, 4) is 11.6 Å². The lowest BCUT2D eigenvalue weighted by molar-refractivity contribution is -0.150. The lowest BCUT2D eigenvalue weighted by Crippen LogP contribution is -2.37. The number of nitrogens with one attached hydrogen (secondary N) is 1. The third-order valence-electron chi connectivity index (χ3n) is 7.11. The second-order valence-corrected chi connectivity index (χ2v) is 12.8. The molecule has 2 fully saturated rings. The fourth-order valence-electron chi connectivity index (χ4n) is 5.11. The number of hydrogen-bond acceptors (Lipinski definition) is 11. The van der Waals surface area contributed by atoms with Crippen molar-refractivity contribution >= 4 is 36.5 Å². The Morgan fingerprint density at radius 2 is 2.00 bits per heavy atom. The molecule has 0 spiro atoms. The highest BCUT2D eigenvalue weighted by Crippen LogP contribution is 2.47. The maximum absolute atomic E-state index is 14.0. The van der Waals surface area contributed by atoms with Crippen LogP contribution in [0.5, 0.6) is 11.6 Å². The van der Waals surface area contributed by atoms with Crippen molar-refractivity contribution in [1.82, 2.24) is 24.6 Å². The van der Waals surface area contributed by atoms with Crippen LogP contribution in [-0.2, 0) is 23.4 Å². The molecule has 1 aliphatic heterocycles. The lowest BCUT2D eigenvalue weighted by Gasteiger charge is -2.25. The number of fused-ring (bicyclic) bond motifs is 1. The molecule has 0 amide bonds. The summed E-state index contributed by atoms with van der Waals surface area (Å²) in [6.45, 7) is 5.18. The number of aromatic nitrogens is 4. The molecule has 0 bridgehead atoms. The molecule has 2 aromatic heterocycles. The van der Waals surface area contributed by atoms with Gasteiger partial charge in [0.05, 0.1) is 25.6 Å². The van der Waals surface area contributed by atoms with Gasteiger partial charge in [-0.2, -0.15) is 10.1 Å². The molecule has 42 heavy (non-hydrogen) atoms. The van der Waals surface area contributed by atoms with E-state index in [9.17, 15) is 14.5 Å². The first kappa shape index (κ1) is 30.7. The Kier molecular flexibility index (Phi) is 9.36. The number of nitrogens with zero attached hydrogens (tertiary/aromatic N) is 4. The molecule has 228 valence electrons. The summed E-state index contributed by atoms with van der Waals surface area (Å²) in [5, 5.41) is 14.4. The second-order valence-electron chi connectivity index (χ2n) is 10.6. The van der Waals surface area contributed by atoms with E-state index in [1.54, 1.807) is 23.6 Å². The van der Waals surface area contributed by atoms with Crippen molar-refractivity contribution in [3.05, 3.63) is 41.9 Å². The normalized spacial score (nSPS) is 24.9. The number of carbonyl (C=O) groups is 1. The van der Waals surface area contributed by atoms with Crippen LogP contribution in [0.4, 0.5) is 0 Å². The molecular weight excluding hydrogens is 589 g/mol. The molecule has 1 saturated heterocycles. The Labute approximate surface area is 248 Å². The minimum Gasteiger partial charge on any atom is -0.476 e. The van der Waals surface area contributed by atoms with Crippen LogP contribution in [0.1, 0.15) is 59.1 Å². The predicted molar refractivity (Wildman–Crippen MR) is 152 cm³/mol. The van der Waals surface area contributed by atoms with E-state index in [1.165, 1.54) is 31.7 Å². The molecule has 3 heterocycles. The van der Waals surface area contributed by atoms with Crippen LogP contribution < -0.4 is 14.3 Å². The molecule has 1 aliphatic carbocycles. The van der Waals surface area contributed by atoms with Gasteiger partial charge < -0.3 is 23.8 Å². The van der Waals surface area contributed by atoms with E-state index < -0.39 is 37.7 Å². The van der Waals surface area contributed by atoms with Gasteiger partial charge in [-0.3, -0.25) is 13.9 Å². The zero-order chi connectivity index (χ0) is 29.9. The Morgan fingerprint density at radius 3 is 2.71 bits per heavy atom. The topological polar surface area (TPSA) is 156 Å². The molecular formula is C27H35ClN5O8P. The number of imidazole rings is 1. The van der Waals surface area contributed by atoms with Crippen LogP contribution in [-0.4, -0.2) is 67.7 Å². The van der Waals surface area contributed by atoms with E-state index >= 15 is 0 Å². The first-order valence-corrected chi connectivity index (χ1v) is 15.8. The van der Waals surface area contributed by atoms with Crippen molar-refractivity contribution < 1.29 is 37.7 Å². The van der Waals surface area contributed by atoms with Gasteiger partial charge in [-0.05, 0) is 70.7 Å². The number of carbonyl (C=O) groups excluding carboxylic acids is 1. The van der Waals surface area contributed by atoms with Gasteiger partial charge in [0.2, 0.25) is 5.88 Å². The van der Waals surface area contributed by atoms with Crippen LogP contribution in [0.3, 0.4) is 0 Å². The maximum Gasteiger partial charge on any atom is 0.459 e. The van der Waals surface area contributed by atoms with Crippen molar-refractivity contribution in [3.63, 3.8) is 0 Å². The number of rotatable bonds is 12. The molecule has 1 saturated carbocycles. The van der Waals surface area contributed by atoms with Crippen LogP contribution >= 0.6 is 19.3 Å². The molecule has 3 aromatic rings. The average Bonchev–Trinajstić information content (AvgIpc) is 3.68. The first-order valence-electron chi connectivity index (χ1n) is 13.9. The number of ether oxygens (including phenoxy) is 3. The Balaban J connectivity index is 1.30. The SMILES string of the molecule is CCOc1ncnc2c1ncn2C1OC(COP(=O)(NC(C)C(=O)OC2CCCC2)Oc2ccc(Cl)cc2)C[C@@]1(C)O. The Morgan fingerprint density at radius 1 is 1.26 bits per heavy atom. The minimum absolute atomic E-state index is 0.140. The average molecular weight is 624 g/mol. The fourth-order valence-corrected chi connectivity index (χ4v) is 6.76. The molecule has 0 radical (unpaired) electrons. The van der Waals surface area contributed by atoms with Crippen LogP contribution in [0.2, 0.25) is 5.02 Å². The van der Waals surface area contributed by atoms with Gasteiger partial charge in [0.25, 0.3) is 0 Å². The third kappa shape index (κ3) is 7.04. The second kappa shape index (κ2) is 12.8. The van der Waals surface area contributed by atoms with E-state index in [-0.39, 0.29) is 24.9 Å². The molecule has 15 heteroatoms. The molecule has 5 rings (SSSR count). The summed E-state index contributed by atoms with van der Waals surface area (Å²) in [5.41, 5.74) is -0.499. The molecule has 2 aliphatic rings. The molecule has 1 aromatic carbocycles. The summed E-state index contributed by atoms with van der Waals surface area (Å²) in [6.07, 6.45) is 4.87. The van der Waals surface area contributed by atoms with Gasteiger partial charge in [-0.15, -0.1) is 0 Å². The Bertz CT molecular complexity index is 1430. The number of halogens is 1. The third-order valence-corrected chi connectivity index (χ3v) is 9.01. The van der Waals surface area contributed by atoms with Crippen molar-refractivity contribution in [2.75, 3.05) is 13.2 Å². The zero-order valence-corrected chi connectivity index (χ0v) is 25.3. The summed E-state index contributed by atoms with van der Waals surface area (Å²) in [4.78, 5) is 25.5. The van der Waals surface area contributed by atoms with Crippen molar-refractivity contribution in [2.24, 2.45) is 0 Å². The van der Waals surface area contributed by atoms with E-state index in [2.05, 4.69) is 20.0 Å². The quantitative estimate of drug-likeness (QED) is 0.214. The van der Waals surface area contributed by atoms with Crippen LogP contribution in [0.25, 0.3) is 11.2 Å². The number of hydrogen-bond donors (Lipinski definition) is 2. The highest BCUT2D eigenvalue weighted by molar-refractivity contribution is 7.52. The van der Waals surface area contributed by atoms with Crippen LogP contribution in [0, 0.1) is 0 Å². The van der Waals surface area contributed by atoms with Gasteiger partial charge in [0.15, 0.2) is 17.4 Å². The highest BCUT2D eigenvalue weighted by atomic mass is 35.5. The standard InChI is InChI=1S/C27H35ClN5O8P/c1-4-37-24-22-23(29-15-30-24)33(16-31-22)26-27(3,35)13-21(40-26)14-38-42(36,41-20-11-9-18(28)10-12-20)32-17(2)25(34)39-19-7-5-6-8-19/h9-12,15-17,19,21,26,35H,4-8,13-14H2,1-3H3,(H,32,36)/t17?,21?,26?,27-,42?/m1/s1. The first-order chi connectivity index (χ1) is 20.1. The van der Waals surface area contributed by atoms with Gasteiger partial charge in [0.1, 0.15) is 29.8 Å². The largest absolute Gasteiger partial charge is 0.476 e.